The van der Waals surface area contributed by atoms with E-state index in [1.807, 2.05) is 17.0 Å². The summed E-state index contributed by atoms with van der Waals surface area (Å²) in [7, 11) is 0. The first-order chi connectivity index (χ1) is 7.20. The number of amides is 2. The van der Waals surface area contributed by atoms with E-state index in [-0.39, 0.29) is 12.1 Å². The molecule has 1 atom stereocenters. The predicted molar refractivity (Wildman–Crippen MR) is 59.7 cm³/mol. The molecule has 1 aromatic carbocycles. The van der Waals surface area contributed by atoms with Crippen molar-refractivity contribution in [2.45, 2.75) is 19.9 Å². The van der Waals surface area contributed by atoms with Gasteiger partial charge in [-0.2, -0.15) is 0 Å². The number of benzene rings is 1. The van der Waals surface area contributed by atoms with Crippen LogP contribution in [0, 0.1) is 6.92 Å². The van der Waals surface area contributed by atoms with Crippen molar-refractivity contribution in [3.63, 3.8) is 0 Å². The summed E-state index contributed by atoms with van der Waals surface area (Å²) >= 11 is 0. The molecular weight excluding hydrogens is 188 g/mol. The van der Waals surface area contributed by atoms with E-state index in [1.54, 1.807) is 0 Å². The predicted octanol–water partition coefficient (Wildman–Crippen LogP) is 2.08. The first kappa shape index (κ1) is 10.0. The summed E-state index contributed by atoms with van der Waals surface area (Å²) in [5, 5.41) is 2.83. The van der Waals surface area contributed by atoms with Gasteiger partial charge in [0.2, 0.25) is 0 Å². The van der Waals surface area contributed by atoms with Crippen molar-refractivity contribution < 1.29 is 4.79 Å². The Balaban J connectivity index is 2.24. The molecule has 1 aliphatic heterocycles. The maximum Gasteiger partial charge on any atom is 0.318 e. The number of carbonyl (C=O) groups is 1. The molecule has 2 amide bonds. The van der Waals surface area contributed by atoms with Gasteiger partial charge < -0.3 is 10.2 Å². The summed E-state index contributed by atoms with van der Waals surface area (Å²) in [5.41, 5.74) is 2.47. The molecule has 80 valence electrons. The van der Waals surface area contributed by atoms with Crippen molar-refractivity contribution >= 4 is 6.03 Å². The molecule has 0 spiro atoms. The molecule has 3 nitrogen and oxygen atoms in total. The van der Waals surface area contributed by atoms with Gasteiger partial charge in [-0.3, -0.25) is 0 Å². The van der Waals surface area contributed by atoms with Gasteiger partial charge in [-0.25, -0.2) is 4.79 Å². The third-order valence-corrected chi connectivity index (χ3v) is 3.00. The van der Waals surface area contributed by atoms with Gasteiger partial charge in [0.25, 0.3) is 0 Å². The van der Waals surface area contributed by atoms with E-state index >= 15 is 0 Å². The monoisotopic (exact) mass is 204 g/mol. The topological polar surface area (TPSA) is 32.3 Å². The number of nitrogens with zero attached hydrogens (tertiary/aromatic N) is 1. The zero-order chi connectivity index (χ0) is 10.8. The molecule has 1 N–H and O–H groups in total. The highest BCUT2D eigenvalue weighted by Crippen LogP contribution is 2.24. The number of nitrogens with one attached hydrogen (secondary N) is 1. The molecule has 1 unspecified atom stereocenters. The molecule has 2 rings (SSSR count). The highest BCUT2D eigenvalue weighted by Gasteiger charge is 2.26. The van der Waals surface area contributed by atoms with Crippen molar-refractivity contribution in [1.29, 1.82) is 0 Å². The largest absolute Gasteiger partial charge is 0.336 e. The van der Waals surface area contributed by atoms with Crippen LogP contribution in [0.2, 0.25) is 0 Å². The van der Waals surface area contributed by atoms with E-state index in [0.717, 1.165) is 13.1 Å². The van der Waals surface area contributed by atoms with Gasteiger partial charge in [-0.15, -0.1) is 0 Å². The maximum absolute atomic E-state index is 11.5. The highest BCUT2D eigenvalue weighted by molar-refractivity contribution is 5.76. The van der Waals surface area contributed by atoms with Crippen LogP contribution in [-0.2, 0) is 0 Å². The number of hydrogen-bond donors (Lipinski definition) is 1. The molecule has 3 heteroatoms. The van der Waals surface area contributed by atoms with Crippen LogP contribution in [0.5, 0.6) is 0 Å². The fourth-order valence-corrected chi connectivity index (χ4v) is 2.08. The van der Waals surface area contributed by atoms with E-state index in [0.29, 0.717) is 0 Å². The minimum atomic E-state index is 0.0470. The Labute approximate surface area is 90.1 Å². The molecule has 1 aromatic rings. The molecule has 1 heterocycles. The fraction of sp³-hybridized carbons (Fsp3) is 0.417. The molecule has 1 fully saturated rings. The summed E-state index contributed by atoms with van der Waals surface area (Å²) in [6, 6.07) is 8.42. The minimum Gasteiger partial charge on any atom is -0.336 e. The molecule has 0 aromatic heterocycles. The second-order valence-corrected chi connectivity index (χ2v) is 3.96. The SMILES string of the molecule is Cc1ccccc1C(C)N1CCNC1=O. The van der Waals surface area contributed by atoms with E-state index < -0.39 is 0 Å². The van der Waals surface area contributed by atoms with E-state index in [1.165, 1.54) is 11.1 Å². The normalized spacial score (nSPS) is 17.7. The lowest BCUT2D eigenvalue weighted by Gasteiger charge is -2.24. The van der Waals surface area contributed by atoms with Gasteiger partial charge in [0.15, 0.2) is 0 Å². The Bertz CT molecular complexity index is 376. The fourth-order valence-electron chi connectivity index (χ4n) is 2.08. The van der Waals surface area contributed by atoms with Crippen molar-refractivity contribution in [3.05, 3.63) is 35.4 Å². The Hall–Kier alpha value is -1.51. The van der Waals surface area contributed by atoms with Gasteiger partial charge in [0.1, 0.15) is 0 Å². The van der Waals surface area contributed by atoms with Crippen molar-refractivity contribution in [2.24, 2.45) is 0 Å². The smallest absolute Gasteiger partial charge is 0.318 e. The van der Waals surface area contributed by atoms with Crippen molar-refractivity contribution in [2.75, 3.05) is 13.1 Å². The van der Waals surface area contributed by atoms with Gasteiger partial charge in [0.05, 0.1) is 6.04 Å². The first-order valence-electron chi connectivity index (χ1n) is 5.30. The zero-order valence-electron chi connectivity index (χ0n) is 9.16. The van der Waals surface area contributed by atoms with Crippen LogP contribution in [0.15, 0.2) is 24.3 Å². The molecule has 1 saturated heterocycles. The number of urea groups is 1. The van der Waals surface area contributed by atoms with Crippen LogP contribution in [0.1, 0.15) is 24.1 Å². The molecule has 0 radical (unpaired) electrons. The first-order valence-corrected chi connectivity index (χ1v) is 5.30. The number of aryl methyl sites for hydroxylation is 1. The van der Waals surface area contributed by atoms with E-state index in [2.05, 4.69) is 31.3 Å². The average molecular weight is 204 g/mol. The Kier molecular flexibility index (Phi) is 2.62. The Morgan fingerprint density at radius 3 is 2.73 bits per heavy atom. The summed E-state index contributed by atoms with van der Waals surface area (Å²) in [5.74, 6) is 0. The highest BCUT2D eigenvalue weighted by atomic mass is 16.2. The van der Waals surface area contributed by atoms with Crippen LogP contribution in [-0.4, -0.2) is 24.0 Å². The summed E-state index contributed by atoms with van der Waals surface area (Å²) < 4.78 is 0. The second-order valence-electron chi connectivity index (χ2n) is 3.96. The lowest BCUT2D eigenvalue weighted by Crippen LogP contribution is -2.31. The lowest BCUT2D eigenvalue weighted by molar-refractivity contribution is 0.202. The van der Waals surface area contributed by atoms with Crippen LogP contribution >= 0.6 is 0 Å². The van der Waals surface area contributed by atoms with Crippen LogP contribution in [0.3, 0.4) is 0 Å². The number of carbonyl (C=O) groups excluding carboxylic acids is 1. The Morgan fingerprint density at radius 1 is 1.40 bits per heavy atom. The van der Waals surface area contributed by atoms with Crippen LogP contribution < -0.4 is 5.32 Å². The number of rotatable bonds is 2. The van der Waals surface area contributed by atoms with Gasteiger partial charge >= 0.3 is 6.03 Å². The van der Waals surface area contributed by atoms with E-state index in [9.17, 15) is 4.79 Å². The van der Waals surface area contributed by atoms with Crippen molar-refractivity contribution in [3.8, 4) is 0 Å². The Morgan fingerprint density at radius 2 is 2.13 bits per heavy atom. The molecule has 0 saturated carbocycles. The number of hydrogen-bond acceptors (Lipinski definition) is 1. The van der Waals surface area contributed by atoms with Gasteiger partial charge in [-0.1, -0.05) is 24.3 Å². The third kappa shape index (κ3) is 1.82. The van der Waals surface area contributed by atoms with E-state index in [4.69, 9.17) is 0 Å². The molecule has 0 bridgehead atoms. The van der Waals surface area contributed by atoms with Gasteiger partial charge in [0, 0.05) is 13.1 Å². The maximum atomic E-state index is 11.5. The summed E-state index contributed by atoms with van der Waals surface area (Å²) in [6.07, 6.45) is 0. The summed E-state index contributed by atoms with van der Waals surface area (Å²) in [4.78, 5) is 13.4. The summed E-state index contributed by atoms with van der Waals surface area (Å²) in [6.45, 7) is 5.72. The van der Waals surface area contributed by atoms with Crippen molar-refractivity contribution in [1.82, 2.24) is 10.2 Å². The molecule has 1 aliphatic rings. The molecular formula is C12H16N2O. The van der Waals surface area contributed by atoms with Crippen LogP contribution in [0.25, 0.3) is 0 Å². The molecule has 0 aliphatic carbocycles. The standard InChI is InChI=1S/C12H16N2O/c1-9-5-3-4-6-11(9)10(2)14-8-7-13-12(14)15/h3-6,10H,7-8H2,1-2H3,(H,13,15). The zero-order valence-corrected chi connectivity index (χ0v) is 9.16. The third-order valence-electron chi connectivity index (χ3n) is 3.00. The average Bonchev–Trinajstić information content (AvgIpc) is 2.64. The van der Waals surface area contributed by atoms with Crippen LogP contribution in [0.4, 0.5) is 4.79 Å². The lowest BCUT2D eigenvalue weighted by atomic mass is 10.0. The molecule has 15 heavy (non-hydrogen) atoms. The quantitative estimate of drug-likeness (QED) is 0.786. The minimum absolute atomic E-state index is 0.0470. The second kappa shape index (κ2) is 3.93. The van der Waals surface area contributed by atoms with Gasteiger partial charge in [-0.05, 0) is 25.0 Å².